The zero-order chi connectivity index (χ0) is 12.6. The summed E-state index contributed by atoms with van der Waals surface area (Å²) in [4.78, 5) is 20.5. The number of aryl methyl sites for hydroxylation is 1. The van der Waals surface area contributed by atoms with Crippen LogP contribution in [0.25, 0.3) is 11.5 Å². The Kier molecular flexibility index (Phi) is 2.58. The largest absolute Gasteiger partial charge is 0.476 e. The molecule has 0 aromatic carbocycles. The summed E-state index contributed by atoms with van der Waals surface area (Å²) in [5.74, 6) is -2.99. The molecule has 2 aromatic rings. The van der Waals surface area contributed by atoms with E-state index in [-0.39, 0.29) is 22.9 Å². The third-order valence-electron chi connectivity index (χ3n) is 2.12. The van der Waals surface area contributed by atoms with Crippen molar-refractivity contribution in [2.24, 2.45) is 0 Å². The highest BCUT2D eigenvalue weighted by molar-refractivity contribution is 5.87. The number of hydrogen-bond donors (Lipinski definition) is 2. The molecule has 88 valence electrons. The van der Waals surface area contributed by atoms with Gasteiger partial charge in [-0.1, -0.05) is 0 Å². The molecule has 0 aliphatic carbocycles. The van der Waals surface area contributed by atoms with Crippen LogP contribution in [0.4, 0.5) is 8.78 Å². The minimum atomic E-state index is -1.23. The molecular weight excluding hydrogens is 232 g/mol. The van der Waals surface area contributed by atoms with E-state index in [0.717, 1.165) is 6.20 Å². The van der Waals surface area contributed by atoms with Crippen molar-refractivity contribution in [3.63, 3.8) is 0 Å². The lowest BCUT2D eigenvalue weighted by Gasteiger charge is -1.97. The maximum atomic E-state index is 13.4. The molecule has 0 spiro atoms. The van der Waals surface area contributed by atoms with Crippen LogP contribution in [-0.2, 0) is 0 Å². The predicted molar refractivity (Wildman–Crippen MR) is 53.4 cm³/mol. The second-order valence-electron chi connectivity index (χ2n) is 3.35. The van der Waals surface area contributed by atoms with Crippen molar-refractivity contribution in [1.82, 2.24) is 15.0 Å². The van der Waals surface area contributed by atoms with E-state index < -0.39 is 17.6 Å². The van der Waals surface area contributed by atoms with E-state index in [4.69, 9.17) is 5.11 Å². The van der Waals surface area contributed by atoms with Crippen LogP contribution in [0, 0.1) is 18.6 Å². The first kappa shape index (κ1) is 11.2. The fourth-order valence-corrected chi connectivity index (χ4v) is 1.37. The number of nitrogens with zero attached hydrogens (tertiary/aromatic N) is 2. The summed E-state index contributed by atoms with van der Waals surface area (Å²) in [5.41, 5.74) is -0.162. The van der Waals surface area contributed by atoms with E-state index in [1.165, 1.54) is 6.92 Å². The Balaban J connectivity index is 2.53. The predicted octanol–water partition coefficient (Wildman–Crippen LogP) is 1.76. The van der Waals surface area contributed by atoms with Gasteiger partial charge in [0.2, 0.25) is 0 Å². The average Bonchev–Trinajstić information content (AvgIpc) is 2.60. The normalized spacial score (nSPS) is 10.5. The Morgan fingerprint density at radius 1 is 1.47 bits per heavy atom. The first-order valence-electron chi connectivity index (χ1n) is 4.60. The Bertz CT molecular complexity index is 595. The van der Waals surface area contributed by atoms with Gasteiger partial charge in [-0.2, -0.15) is 0 Å². The number of pyridine rings is 1. The molecule has 0 saturated heterocycles. The van der Waals surface area contributed by atoms with E-state index in [2.05, 4.69) is 15.0 Å². The smallest absolute Gasteiger partial charge is 0.356 e. The van der Waals surface area contributed by atoms with Crippen molar-refractivity contribution < 1.29 is 18.7 Å². The molecule has 2 aromatic heterocycles. The van der Waals surface area contributed by atoms with Crippen LogP contribution in [0.5, 0.6) is 0 Å². The minimum Gasteiger partial charge on any atom is -0.476 e. The number of carboxylic acid groups (broad SMARTS) is 1. The van der Waals surface area contributed by atoms with Gasteiger partial charge in [-0.25, -0.2) is 23.5 Å². The Hall–Kier alpha value is -2.31. The number of hydrogen-bond acceptors (Lipinski definition) is 3. The number of halogens is 2. The van der Waals surface area contributed by atoms with Gasteiger partial charge in [0.25, 0.3) is 0 Å². The third kappa shape index (κ3) is 1.99. The monoisotopic (exact) mass is 239 g/mol. The van der Waals surface area contributed by atoms with Gasteiger partial charge in [-0.05, 0) is 6.92 Å². The van der Waals surface area contributed by atoms with Gasteiger partial charge in [0.05, 0.1) is 6.20 Å². The molecule has 0 aliphatic rings. The van der Waals surface area contributed by atoms with Gasteiger partial charge >= 0.3 is 5.97 Å². The SMILES string of the molecule is Cc1[nH]c(-c2ncc(F)cc2F)nc1C(=O)O. The maximum Gasteiger partial charge on any atom is 0.356 e. The topological polar surface area (TPSA) is 78.9 Å². The fraction of sp³-hybridized carbons (Fsp3) is 0.100. The molecule has 0 atom stereocenters. The molecule has 7 heteroatoms. The number of nitrogens with one attached hydrogen (secondary N) is 1. The van der Waals surface area contributed by atoms with Crippen molar-refractivity contribution in [3.8, 4) is 11.5 Å². The molecule has 2 rings (SSSR count). The summed E-state index contributed by atoms with van der Waals surface area (Å²) in [7, 11) is 0. The Labute approximate surface area is 94.2 Å². The van der Waals surface area contributed by atoms with Crippen LogP contribution in [-0.4, -0.2) is 26.0 Å². The lowest BCUT2D eigenvalue weighted by molar-refractivity contribution is 0.0690. The Morgan fingerprint density at radius 2 is 2.18 bits per heavy atom. The molecule has 0 fully saturated rings. The number of aromatic nitrogens is 3. The molecule has 5 nitrogen and oxygen atoms in total. The molecule has 17 heavy (non-hydrogen) atoms. The molecule has 0 unspecified atom stereocenters. The molecule has 0 amide bonds. The highest BCUT2D eigenvalue weighted by atomic mass is 19.1. The van der Waals surface area contributed by atoms with Gasteiger partial charge in [0, 0.05) is 11.8 Å². The lowest BCUT2D eigenvalue weighted by Crippen LogP contribution is -1.99. The van der Waals surface area contributed by atoms with Crippen LogP contribution < -0.4 is 0 Å². The summed E-state index contributed by atoms with van der Waals surface area (Å²) >= 11 is 0. The number of rotatable bonds is 2. The average molecular weight is 239 g/mol. The van der Waals surface area contributed by atoms with Crippen LogP contribution in [0.15, 0.2) is 12.3 Å². The number of carbonyl (C=O) groups is 1. The Morgan fingerprint density at radius 3 is 2.71 bits per heavy atom. The van der Waals surface area contributed by atoms with Crippen LogP contribution in [0.3, 0.4) is 0 Å². The van der Waals surface area contributed by atoms with Crippen molar-refractivity contribution in [3.05, 3.63) is 35.3 Å². The highest BCUT2D eigenvalue weighted by Crippen LogP contribution is 2.19. The van der Waals surface area contributed by atoms with Crippen LogP contribution in [0.1, 0.15) is 16.2 Å². The maximum absolute atomic E-state index is 13.4. The number of aromatic carboxylic acids is 1. The molecule has 0 saturated carbocycles. The summed E-state index contributed by atoms with van der Waals surface area (Å²) in [5, 5.41) is 8.78. The second kappa shape index (κ2) is 3.93. The summed E-state index contributed by atoms with van der Waals surface area (Å²) < 4.78 is 26.0. The number of imidazole rings is 1. The zero-order valence-electron chi connectivity index (χ0n) is 8.66. The first-order chi connectivity index (χ1) is 7.99. The summed E-state index contributed by atoms with van der Waals surface area (Å²) in [6, 6.07) is 0.653. The van der Waals surface area contributed by atoms with Gasteiger partial charge in [0.1, 0.15) is 11.5 Å². The van der Waals surface area contributed by atoms with E-state index >= 15 is 0 Å². The van der Waals surface area contributed by atoms with Crippen molar-refractivity contribution >= 4 is 5.97 Å². The molecular formula is C10H7F2N3O2. The molecule has 0 radical (unpaired) electrons. The number of aromatic amines is 1. The van der Waals surface area contributed by atoms with Crippen molar-refractivity contribution in [1.29, 1.82) is 0 Å². The number of carboxylic acids is 1. The summed E-state index contributed by atoms with van der Waals surface area (Å²) in [6.07, 6.45) is 0.830. The molecule has 0 bridgehead atoms. The standard InChI is InChI=1S/C10H7F2N3O2/c1-4-7(10(16)17)15-9(14-4)8-6(12)2-5(11)3-13-8/h2-3H,1H3,(H,14,15)(H,16,17). The molecule has 0 aliphatic heterocycles. The van der Waals surface area contributed by atoms with E-state index in [0.29, 0.717) is 6.07 Å². The summed E-state index contributed by atoms with van der Waals surface area (Å²) in [6.45, 7) is 1.49. The van der Waals surface area contributed by atoms with E-state index in [1.54, 1.807) is 0 Å². The van der Waals surface area contributed by atoms with Gasteiger partial charge in [0.15, 0.2) is 17.3 Å². The third-order valence-corrected chi connectivity index (χ3v) is 2.12. The second-order valence-corrected chi connectivity index (χ2v) is 3.35. The highest BCUT2D eigenvalue weighted by Gasteiger charge is 2.17. The quantitative estimate of drug-likeness (QED) is 0.836. The van der Waals surface area contributed by atoms with Gasteiger partial charge in [-0.15, -0.1) is 0 Å². The fourth-order valence-electron chi connectivity index (χ4n) is 1.37. The molecule has 2 heterocycles. The molecule has 2 N–H and O–H groups in total. The first-order valence-corrected chi connectivity index (χ1v) is 4.60. The van der Waals surface area contributed by atoms with Crippen LogP contribution in [0.2, 0.25) is 0 Å². The lowest BCUT2D eigenvalue weighted by atomic mass is 10.3. The van der Waals surface area contributed by atoms with E-state index in [9.17, 15) is 13.6 Å². The van der Waals surface area contributed by atoms with Crippen molar-refractivity contribution in [2.75, 3.05) is 0 Å². The van der Waals surface area contributed by atoms with Crippen LogP contribution >= 0.6 is 0 Å². The minimum absolute atomic E-state index is 0.0441. The zero-order valence-corrected chi connectivity index (χ0v) is 8.66. The van der Waals surface area contributed by atoms with E-state index in [1.807, 2.05) is 0 Å². The number of H-pyrrole nitrogens is 1. The van der Waals surface area contributed by atoms with Gasteiger partial charge < -0.3 is 10.1 Å². The van der Waals surface area contributed by atoms with Gasteiger partial charge in [-0.3, -0.25) is 0 Å². The van der Waals surface area contributed by atoms with Crippen molar-refractivity contribution in [2.45, 2.75) is 6.92 Å².